The summed E-state index contributed by atoms with van der Waals surface area (Å²) in [4.78, 5) is 22.5. The van der Waals surface area contributed by atoms with E-state index in [0.717, 1.165) is 85.6 Å². The Labute approximate surface area is 262 Å². The summed E-state index contributed by atoms with van der Waals surface area (Å²) in [5.74, 6) is -1.20. The smallest absolute Gasteiger partial charge is 0.337 e. The van der Waals surface area contributed by atoms with Gasteiger partial charge in [0.2, 0.25) is 0 Å². The molecule has 1 unspecified atom stereocenters. The van der Waals surface area contributed by atoms with Crippen LogP contribution in [0.1, 0.15) is 92.8 Å². The highest BCUT2D eigenvalue weighted by Gasteiger charge is 2.36. The number of carboxylic acids is 1. The number of hydrogen-bond donors (Lipinski definition) is 1. The lowest BCUT2D eigenvalue weighted by atomic mass is 9.81. The predicted molar refractivity (Wildman–Crippen MR) is 175 cm³/mol. The van der Waals surface area contributed by atoms with Gasteiger partial charge < -0.3 is 14.7 Å². The predicted octanol–water partition coefficient (Wildman–Crippen LogP) is 7.94. The van der Waals surface area contributed by atoms with E-state index < -0.39 is 17.7 Å². The first-order valence-electron chi connectivity index (χ1n) is 15.9. The first-order chi connectivity index (χ1) is 20.6. The molecule has 2 aliphatic rings. The van der Waals surface area contributed by atoms with Crippen LogP contribution in [-0.2, 0) is 29.0 Å². The molecular weight excluding hydrogens is 553 g/mol. The molecule has 0 radical (unpaired) electrons. The Morgan fingerprint density at radius 1 is 1.02 bits per heavy atom. The van der Waals surface area contributed by atoms with E-state index in [9.17, 15) is 14.3 Å². The zero-order valence-electron chi connectivity index (χ0n) is 27.7. The van der Waals surface area contributed by atoms with Crippen LogP contribution < -0.4 is 4.90 Å². The molecule has 0 amide bonds. The fourth-order valence-electron chi connectivity index (χ4n) is 6.71. The highest BCUT2D eigenvalue weighted by atomic mass is 19.1. The standard InChI is InChI=1S/C37H48FN3O3/c1-23-9-12-30(38)20-29(23)22-40-16-13-26-19-27(10-11-28(26)21-40)31-24(2)39-25(3)32(34(35(42)43)44-36(4,5)6)33(31)41-17-14-37(7,8)15-18-41/h9-12,19-20,34H,13-18,21-22H2,1-8H3,(H,42,43). The van der Waals surface area contributed by atoms with Gasteiger partial charge in [0.25, 0.3) is 0 Å². The van der Waals surface area contributed by atoms with Gasteiger partial charge in [-0.3, -0.25) is 9.88 Å². The molecule has 0 saturated carbocycles. The fourth-order valence-corrected chi connectivity index (χ4v) is 6.71. The molecule has 236 valence electrons. The topological polar surface area (TPSA) is 65.9 Å². The molecule has 1 atom stereocenters. The summed E-state index contributed by atoms with van der Waals surface area (Å²) >= 11 is 0. The number of piperidine rings is 1. The summed E-state index contributed by atoms with van der Waals surface area (Å²) in [5.41, 5.74) is 9.53. The van der Waals surface area contributed by atoms with Crippen LogP contribution in [0, 0.1) is 32.0 Å². The van der Waals surface area contributed by atoms with Crippen LogP contribution in [0.3, 0.4) is 0 Å². The van der Waals surface area contributed by atoms with Gasteiger partial charge >= 0.3 is 5.97 Å². The summed E-state index contributed by atoms with van der Waals surface area (Å²) in [5, 5.41) is 10.5. The summed E-state index contributed by atoms with van der Waals surface area (Å²) in [7, 11) is 0. The van der Waals surface area contributed by atoms with E-state index in [2.05, 4.69) is 41.8 Å². The number of pyridine rings is 1. The fraction of sp³-hybridized carbons (Fsp3) is 0.514. The Hall–Kier alpha value is -3.29. The van der Waals surface area contributed by atoms with E-state index in [0.29, 0.717) is 11.3 Å². The molecule has 3 aromatic rings. The highest BCUT2D eigenvalue weighted by Crippen LogP contribution is 2.45. The van der Waals surface area contributed by atoms with Crippen LogP contribution >= 0.6 is 0 Å². The maximum Gasteiger partial charge on any atom is 0.337 e. The SMILES string of the molecule is Cc1ccc(F)cc1CN1CCc2cc(-c3c(C)nc(C)c(C(OC(C)(C)C)C(=O)O)c3N3CCC(C)(C)CC3)ccc2C1. The number of halogens is 1. The first kappa shape index (κ1) is 32.1. The number of hydrogen-bond acceptors (Lipinski definition) is 5. The van der Waals surface area contributed by atoms with Crippen LogP contribution in [0.5, 0.6) is 0 Å². The number of carboxylic acid groups (broad SMARTS) is 1. The lowest BCUT2D eigenvalue weighted by Crippen LogP contribution is -2.39. The van der Waals surface area contributed by atoms with Gasteiger partial charge in [-0.15, -0.1) is 0 Å². The lowest BCUT2D eigenvalue weighted by Gasteiger charge is -2.41. The average molecular weight is 602 g/mol. The largest absolute Gasteiger partial charge is 0.479 e. The Morgan fingerprint density at radius 2 is 1.73 bits per heavy atom. The summed E-state index contributed by atoms with van der Waals surface area (Å²) < 4.78 is 20.2. The van der Waals surface area contributed by atoms with Gasteiger partial charge in [-0.2, -0.15) is 0 Å². The van der Waals surface area contributed by atoms with Crippen molar-refractivity contribution in [2.45, 2.75) is 99.4 Å². The van der Waals surface area contributed by atoms with Crippen molar-refractivity contribution in [3.63, 3.8) is 0 Å². The van der Waals surface area contributed by atoms with E-state index >= 15 is 0 Å². The molecule has 0 spiro atoms. The monoisotopic (exact) mass is 601 g/mol. The van der Waals surface area contributed by atoms with Gasteiger partial charge in [0.05, 0.1) is 11.3 Å². The Balaban J connectivity index is 1.57. The molecule has 1 aromatic heterocycles. The number of carbonyl (C=O) groups is 1. The highest BCUT2D eigenvalue weighted by molar-refractivity contribution is 5.88. The zero-order chi connectivity index (χ0) is 32.0. The van der Waals surface area contributed by atoms with Gasteiger partial charge in [-0.25, -0.2) is 9.18 Å². The number of anilines is 1. The summed E-state index contributed by atoms with van der Waals surface area (Å²) in [6.07, 6.45) is 1.80. The second-order valence-corrected chi connectivity index (χ2v) is 14.5. The first-order valence-corrected chi connectivity index (χ1v) is 15.9. The van der Waals surface area contributed by atoms with Crippen molar-refractivity contribution in [1.82, 2.24) is 9.88 Å². The molecule has 1 saturated heterocycles. The summed E-state index contributed by atoms with van der Waals surface area (Å²) in [6, 6.07) is 11.7. The second kappa shape index (κ2) is 12.2. The van der Waals surface area contributed by atoms with E-state index in [1.807, 2.05) is 47.6 Å². The van der Waals surface area contributed by atoms with Crippen molar-refractivity contribution in [2.75, 3.05) is 24.5 Å². The van der Waals surface area contributed by atoms with Crippen LogP contribution in [0.15, 0.2) is 36.4 Å². The number of aryl methyl sites for hydroxylation is 3. The number of ether oxygens (including phenoxy) is 1. The van der Waals surface area contributed by atoms with Gasteiger partial charge in [-0.1, -0.05) is 38.1 Å². The molecule has 5 rings (SSSR count). The maximum atomic E-state index is 13.9. The molecule has 2 aliphatic heterocycles. The number of nitrogens with zero attached hydrogens (tertiary/aromatic N) is 3. The zero-order valence-corrected chi connectivity index (χ0v) is 27.7. The van der Waals surface area contributed by atoms with Crippen molar-refractivity contribution >= 4 is 11.7 Å². The minimum absolute atomic E-state index is 0.194. The molecule has 1 N–H and O–H groups in total. The third-order valence-electron chi connectivity index (χ3n) is 9.26. The molecule has 6 nitrogen and oxygen atoms in total. The Bertz CT molecular complexity index is 1550. The molecular formula is C37H48FN3O3. The van der Waals surface area contributed by atoms with Crippen molar-refractivity contribution in [3.05, 3.63) is 81.4 Å². The summed E-state index contributed by atoms with van der Waals surface area (Å²) in [6.45, 7) is 20.4. The molecule has 2 aromatic carbocycles. The number of rotatable bonds is 7. The minimum Gasteiger partial charge on any atom is -0.479 e. The van der Waals surface area contributed by atoms with E-state index in [1.165, 1.54) is 17.2 Å². The van der Waals surface area contributed by atoms with E-state index in [1.54, 1.807) is 6.07 Å². The number of aromatic nitrogens is 1. The van der Waals surface area contributed by atoms with Gasteiger partial charge in [0.15, 0.2) is 6.10 Å². The average Bonchev–Trinajstić information content (AvgIpc) is 2.93. The van der Waals surface area contributed by atoms with Crippen molar-refractivity contribution in [3.8, 4) is 11.1 Å². The van der Waals surface area contributed by atoms with Gasteiger partial charge in [0.1, 0.15) is 5.82 Å². The molecule has 3 heterocycles. The Kier molecular flexibility index (Phi) is 8.94. The van der Waals surface area contributed by atoms with Crippen molar-refractivity contribution in [2.24, 2.45) is 5.41 Å². The van der Waals surface area contributed by atoms with Gasteiger partial charge in [0, 0.05) is 55.2 Å². The molecule has 44 heavy (non-hydrogen) atoms. The van der Waals surface area contributed by atoms with Crippen LogP contribution in [0.2, 0.25) is 0 Å². The van der Waals surface area contributed by atoms with Crippen molar-refractivity contribution in [1.29, 1.82) is 0 Å². The number of aliphatic carboxylic acids is 1. The van der Waals surface area contributed by atoms with E-state index in [4.69, 9.17) is 9.72 Å². The lowest BCUT2D eigenvalue weighted by molar-refractivity contribution is -0.160. The second-order valence-electron chi connectivity index (χ2n) is 14.5. The molecule has 7 heteroatoms. The Morgan fingerprint density at radius 3 is 2.39 bits per heavy atom. The van der Waals surface area contributed by atoms with E-state index in [-0.39, 0.29) is 11.2 Å². The molecule has 0 aliphatic carbocycles. The normalized spacial score (nSPS) is 17.8. The van der Waals surface area contributed by atoms with Crippen molar-refractivity contribution < 1.29 is 19.0 Å². The quantitative estimate of drug-likeness (QED) is 0.297. The number of fused-ring (bicyclic) bond motifs is 1. The molecule has 1 fully saturated rings. The van der Waals surface area contributed by atoms with Crippen LogP contribution in [0.4, 0.5) is 10.1 Å². The van der Waals surface area contributed by atoms with Crippen LogP contribution in [0.25, 0.3) is 11.1 Å². The number of benzene rings is 2. The minimum atomic E-state index is -1.13. The van der Waals surface area contributed by atoms with Gasteiger partial charge in [-0.05, 0) is 106 Å². The maximum absolute atomic E-state index is 13.9. The molecule has 0 bridgehead atoms. The third kappa shape index (κ3) is 7.00. The third-order valence-corrected chi connectivity index (χ3v) is 9.26. The van der Waals surface area contributed by atoms with Crippen LogP contribution in [-0.4, -0.2) is 46.2 Å².